The summed E-state index contributed by atoms with van der Waals surface area (Å²) in [5.41, 5.74) is 2.82. The van der Waals surface area contributed by atoms with Crippen molar-refractivity contribution in [2.45, 2.75) is 24.9 Å². The molecule has 2 heterocycles. The zero-order valence-corrected chi connectivity index (χ0v) is 7.21. The highest BCUT2D eigenvalue weighted by Gasteiger charge is 2.50. The van der Waals surface area contributed by atoms with Crippen molar-refractivity contribution < 1.29 is 4.74 Å². The molecule has 1 aromatic rings. The molecule has 2 aliphatic rings. The molecule has 1 spiro atoms. The van der Waals surface area contributed by atoms with Gasteiger partial charge < -0.3 is 4.74 Å². The maximum Gasteiger partial charge on any atom is 0.120 e. The van der Waals surface area contributed by atoms with Crippen LogP contribution in [-0.4, -0.2) is 16.4 Å². The van der Waals surface area contributed by atoms with Crippen molar-refractivity contribution in [2.24, 2.45) is 7.05 Å². The summed E-state index contributed by atoms with van der Waals surface area (Å²) in [5.74, 6) is 0. The summed E-state index contributed by atoms with van der Waals surface area (Å²) >= 11 is 0. The van der Waals surface area contributed by atoms with Gasteiger partial charge in [-0.25, -0.2) is 0 Å². The van der Waals surface area contributed by atoms with Crippen molar-refractivity contribution in [3.63, 3.8) is 0 Å². The Bertz CT molecular complexity index is 325. The van der Waals surface area contributed by atoms with E-state index in [4.69, 9.17) is 4.74 Å². The number of ether oxygens (including phenoxy) is 1. The van der Waals surface area contributed by atoms with Gasteiger partial charge in [0.25, 0.3) is 0 Å². The average Bonchev–Trinajstić information content (AvgIpc) is 2.73. The minimum Gasteiger partial charge on any atom is -0.364 e. The highest BCUT2D eigenvalue weighted by molar-refractivity contribution is 5.31. The first-order valence-corrected chi connectivity index (χ1v) is 4.47. The van der Waals surface area contributed by atoms with E-state index in [1.54, 1.807) is 0 Å². The number of aryl methyl sites for hydroxylation is 1. The molecule has 3 rings (SSSR count). The highest BCUT2D eigenvalue weighted by atomic mass is 16.6. The molecule has 0 radical (unpaired) electrons. The third-order valence-corrected chi connectivity index (χ3v) is 3.04. The van der Waals surface area contributed by atoms with E-state index >= 15 is 0 Å². The molecule has 0 N–H and O–H groups in total. The van der Waals surface area contributed by atoms with E-state index in [0.717, 1.165) is 13.0 Å². The highest BCUT2D eigenvalue weighted by Crippen LogP contribution is 2.47. The Kier molecular flexibility index (Phi) is 1.06. The van der Waals surface area contributed by atoms with Gasteiger partial charge >= 0.3 is 0 Å². The predicted octanol–water partition coefficient (Wildman–Crippen LogP) is 0.982. The Labute approximate surface area is 71.3 Å². The van der Waals surface area contributed by atoms with Crippen molar-refractivity contribution >= 4 is 0 Å². The summed E-state index contributed by atoms with van der Waals surface area (Å²) in [4.78, 5) is 0. The monoisotopic (exact) mass is 164 g/mol. The fraction of sp³-hybridized carbons (Fsp3) is 0.667. The Morgan fingerprint density at radius 3 is 3.25 bits per heavy atom. The standard InChI is InChI=1S/C9H12N2O/c1-11-8-3-2-4-9(6-12-9)7(8)5-10-11/h5H,2-4,6H2,1H3. The van der Waals surface area contributed by atoms with Gasteiger partial charge in [-0.1, -0.05) is 0 Å². The van der Waals surface area contributed by atoms with E-state index in [9.17, 15) is 0 Å². The second kappa shape index (κ2) is 1.91. The van der Waals surface area contributed by atoms with Gasteiger partial charge in [0, 0.05) is 18.3 Å². The molecule has 0 amide bonds. The fourth-order valence-corrected chi connectivity index (χ4v) is 2.20. The molecular weight excluding hydrogens is 152 g/mol. The van der Waals surface area contributed by atoms with Crippen LogP contribution in [0.4, 0.5) is 0 Å². The summed E-state index contributed by atoms with van der Waals surface area (Å²) in [7, 11) is 2.01. The van der Waals surface area contributed by atoms with E-state index in [1.807, 2.05) is 17.9 Å². The lowest BCUT2D eigenvalue weighted by atomic mass is 9.87. The predicted molar refractivity (Wildman–Crippen MR) is 43.8 cm³/mol. The van der Waals surface area contributed by atoms with Gasteiger partial charge in [-0.3, -0.25) is 4.68 Å². The summed E-state index contributed by atoms with van der Waals surface area (Å²) in [6, 6.07) is 0. The van der Waals surface area contributed by atoms with E-state index in [-0.39, 0.29) is 5.60 Å². The summed E-state index contributed by atoms with van der Waals surface area (Å²) in [6.07, 6.45) is 5.57. The van der Waals surface area contributed by atoms with Gasteiger partial charge in [-0.15, -0.1) is 0 Å². The van der Waals surface area contributed by atoms with Crippen LogP contribution in [0.15, 0.2) is 6.20 Å². The zero-order valence-electron chi connectivity index (χ0n) is 7.21. The molecule has 3 heteroatoms. The van der Waals surface area contributed by atoms with Gasteiger partial charge in [0.15, 0.2) is 0 Å². The number of hydrogen-bond donors (Lipinski definition) is 0. The molecule has 0 saturated carbocycles. The van der Waals surface area contributed by atoms with Crippen LogP contribution < -0.4 is 0 Å². The first kappa shape index (κ1) is 6.66. The van der Waals surface area contributed by atoms with E-state index < -0.39 is 0 Å². The lowest BCUT2D eigenvalue weighted by Gasteiger charge is -2.18. The fourth-order valence-electron chi connectivity index (χ4n) is 2.20. The van der Waals surface area contributed by atoms with E-state index in [2.05, 4.69) is 5.10 Å². The molecular formula is C9H12N2O. The van der Waals surface area contributed by atoms with Gasteiger partial charge in [0.05, 0.1) is 12.8 Å². The first-order valence-electron chi connectivity index (χ1n) is 4.47. The number of fused-ring (bicyclic) bond motifs is 2. The van der Waals surface area contributed by atoms with Crippen LogP contribution in [-0.2, 0) is 23.8 Å². The molecule has 1 aliphatic carbocycles. The van der Waals surface area contributed by atoms with E-state index in [0.29, 0.717) is 0 Å². The molecule has 12 heavy (non-hydrogen) atoms. The normalized spacial score (nSPS) is 32.1. The second-order valence-electron chi connectivity index (χ2n) is 3.77. The summed E-state index contributed by atoms with van der Waals surface area (Å²) < 4.78 is 7.51. The lowest BCUT2D eigenvalue weighted by molar-refractivity contribution is 0.275. The van der Waals surface area contributed by atoms with Crippen molar-refractivity contribution in [3.8, 4) is 0 Å². The number of epoxide rings is 1. The molecule has 64 valence electrons. The molecule has 3 nitrogen and oxygen atoms in total. The van der Waals surface area contributed by atoms with Crippen molar-refractivity contribution in [2.75, 3.05) is 6.61 Å². The summed E-state index contributed by atoms with van der Waals surface area (Å²) in [6.45, 7) is 0.908. The lowest BCUT2D eigenvalue weighted by Crippen LogP contribution is -2.17. The van der Waals surface area contributed by atoms with Gasteiger partial charge in [-0.2, -0.15) is 5.10 Å². The molecule has 0 aromatic carbocycles. The molecule has 1 atom stereocenters. The van der Waals surface area contributed by atoms with Crippen LogP contribution in [0, 0.1) is 0 Å². The molecule has 1 fully saturated rings. The Hall–Kier alpha value is -0.830. The maximum absolute atomic E-state index is 5.52. The number of hydrogen-bond acceptors (Lipinski definition) is 2. The molecule has 1 aromatic heterocycles. The molecule has 1 unspecified atom stereocenters. The third-order valence-electron chi connectivity index (χ3n) is 3.04. The number of rotatable bonds is 0. The zero-order chi connectivity index (χ0) is 8.18. The van der Waals surface area contributed by atoms with Gasteiger partial charge in [0.2, 0.25) is 0 Å². The van der Waals surface area contributed by atoms with E-state index in [1.165, 1.54) is 24.1 Å². The molecule has 1 aliphatic heterocycles. The third kappa shape index (κ3) is 0.672. The smallest absolute Gasteiger partial charge is 0.120 e. The van der Waals surface area contributed by atoms with Crippen LogP contribution >= 0.6 is 0 Å². The largest absolute Gasteiger partial charge is 0.364 e. The molecule has 0 bridgehead atoms. The van der Waals surface area contributed by atoms with Crippen molar-refractivity contribution in [3.05, 3.63) is 17.5 Å². The van der Waals surface area contributed by atoms with Crippen molar-refractivity contribution in [1.82, 2.24) is 9.78 Å². The molecule has 1 saturated heterocycles. The average molecular weight is 164 g/mol. The SMILES string of the molecule is Cn1ncc2c1CCCC21CO1. The number of nitrogens with zero attached hydrogens (tertiary/aromatic N) is 2. The Balaban J connectivity index is 2.17. The second-order valence-corrected chi connectivity index (χ2v) is 3.77. The van der Waals surface area contributed by atoms with Crippen LogP contribution in [0.25, 0.3) is 0 Å². The van der Waals surface area contributed by atoms with Crippen molar-refractivity contribution in [1.29, 1.82) is 0 Å². The van der Waals surface area contributed by atoms with Crippen LogP contribution in [0.2, 0.25) is 0 Å². The minimum atomic E-state index is 0.0991. The van der Waals surface area contributed by atoms with Gasteiger partial charge in [-0.05, 0) is 19.3 Å². The van der Waals surface area contributed by atoms with Crippen LogP contribution in [0.5, 0.6) is 0 Å². The van der Waals surface area contributed by atoms with Crippen LogP contribution in [0.1, 0.15) is 24.1 Å². The Morgan fingerprint density at radius 1 is 1.67 bits per heavy atom. The minimum absolute atomic E-state index is 0.0991. The number of aromatic nitrogens is 2. The quantitative estimate of drug-likeness (QED) is 0.535. The Morgan fingerprint density at radius 2 is 2.50 bits per heavy atom. The van der Waals surface area contributed by atoms with Crippen LogP contribution in [0.3, 0.4) is 0 Å². The first-order chi connectivity index (χ1) is 5.82. The van der Waals surface area contributed by atoms with Gasteiger partial charge in [0.1, 0.15) is 5.60 Å². The maximum atomic E-state index is 5.52. The topological polar surface area (TPSA) is 30.4 Å². The summed E-state index contributed by atoms with van der Waals surface area (Å²) in [5, 5.41) is 4.27.